The van der Waals surface area contributed by atoms with Crippen molar-refractivity contribution < 1.29 is 9.59 Å². The summed E-state index contributed by atoms with van der Waals surface area (Å²) in [5.41, 5.74) is 0. The average molecular weight is 652 g/mol. The van der Waals surface area contributed by atoms with Crippen LogP contribution in [0.5, 0.6) is 0 Å². The number of allylic oxidation sites excluding steroid dienone is 4. The summed E-state index contributed by atoms with van der Waals surface area (Å²) in [4.78, 5) is 25.1. The number of Topliss-reactive ketones (excluding diaryl/α,β-unsaturated/α-hetero) is 2. The van der Waals surface area contributed by atoms with Gasteiger partial charge in [0.05, 0.1) is 0 Å². The molecule has 0 aromatic rings. The molecule has 0 rings (SSSR count). The molecule has 3 heteroatoms. The summed E-state index contributed by atoms with van der Waals surface area (Å²) in [6, 6.07) is 0. The van der Waals surface area contributed by atoms with E-state index in [4.69, 9.17) is 0 Å². The van der Waals surface area contributed by atoms with Gasteiger partial charge >= 0.3 is 0 Å². The van der Waals surface area contributed by atoms with Crippen molar-refractivity contribution in [1.82, 2.24) is 0 Å². The van der Waals surface area contributed by atoms with Gasteiger partial charge in [0.15, 0.2) is 0 Å². The van der Waals surface area contributed by atoms with Crippen LogP contribution >= 0.6 is 15.9 Å². The normalized spacial score (nSPS) is 12.5. The Kier molecular flexibility index (Phi) is 34.2. The monoisotopic (exact) mass is 650 g/mol. The van der Waals surface area contributed by atoms with E-state index in [-0.39, 0.29) is 17.5 Å². The lowest BCUT2D eigenvalue weighted by atomic mass is 9.93. The number of unbranched alkanes of at least 4 members (excludes halogenated alkanes) is 22. The van der Waals surface area contributed by atoms with Crippen molar-refractivity contribution in [2.45, 2.75) is 200 Å². The molecule has 0 spiro atoms. The van der Waals surface area contributed by atoms with Crippen molar-refractivity contribution in [3.63, 3.8) is 0 Å². The molecule has 0 bridgehead atoms. The zero-order valence-corrected chi connectivity index (χ0v) is 29.9. The maximum Gasteiger partial charge on any atom is 0.137 e. The first kappa shape index (κ1) is 41.3. The molecule has 0 aliphatic carbocycles. The summed E-state index contributed by atoms with van der Waals surface area (Å²) in [7, 11) is 0. The summed E-state index contributed by atoms with van der Waals surface area (Å²) < 4.78 is 0. The smallest absolute Gasteiger partial charge is 0.137 e. The summed E-state index contributed by atoms with van der Waals surface area (Å²) >= 11 is 3.50. The highest BCUT2D eigenvalue weighted by atomic mass is 79.9. The van der Waals surface area contributed by atoms with Crippen LogP contribution in [0.1, 0.15) is 200 Å². The van der Waals surface area contributed by atoms with E-state index in [0.717, 1.165) is 25.7 Å². The number of carbonyl (C=O) groups excluding carboxylic acids is 2. The second-order valence-electron chi connectivity index (χ2n) is 12.7. The van der Waals surface area contributed by atoms with Crippen molar-refractivity contribution in [3.8, 4) is 0 Å². The second-order valence-corrected chi connectivity index (χ2v) is 13.4. The Balaban J connectivity index is 3.61. The molecular weight excluding hydrogens is 580 g/mol. The van der Waals surface area contributed by atoms with Gasteiger partial charge in [0, 0.05) is 30.5 Å². The van der Waals surface area contributed by atoms with Crippen LogP contribution in [0.25, 0.3) is 0 Å². The molecule has 0 radical (unpaired) electrons. The predicted octanol–water partition coefficient (Wildman–Crippen LogP) is 13.6. The quantitative estimate of drug-likeness (QED) is 0.0394. The lowest BCUT2D eigenvalue weighted by molar-refractivity contribution is -0.127. The molecule has 42 heavy (non-hydrogen) atoms. The molecule has 0 aliphatic heterocycles. The van der Waals surface area contributed by atoms with E-state index < -0.39 is 0 Å². The molecule has 0 aromatic heterocycles. The Bertz CT molecular complexity index is 638. The zero-order chi connectivity index (χ0) is 30.8. The number of ketones is 2. The van der Waals surface area contributed by atoms with Gasteiger partial charge in [-0.15, -0.1) is 0 Å². The molecule has 1 unspecified atom stereocenters. The Morgan fingerprint density at radius 3 is 1.19 bits per heavy atom. The Morgan fingerprint density at radius 1 is 0.476 bits per heavy atom. The highest BCUT2D eigenvalue weighted by Gasteiger charge is 2.20. The average Bonchev–Trinajstić information content (AvgIpc) is 2.99. The fraction of sp³-hybridized carbons (Fsp3) is 0.846. The molecule has 0 N–H and O–H groups in total. The highest BCUT2D eigenvalue weighted by Crippen LogP contribution is 2.18. The second kappa shape index (κ2) is 34.8. The van der Waals surface area contributed by atoms with Crippen LogP contribution in [0.15, 0.2) is 24.3 Å². The Hall–Kier alpha value is -0.700. The minimum atomic E-state index is -0.127. The first-order valence-corrected chi connectivity index (χ1v) is 19.7. The molecule has 0 amide bonds. The minimum Gasteiger partial charge on any atom is -0.300 e. The molecule has 0 saturated heterocycles. The van der Waals surface area contributed by atoms with E-state index in [9.17, 15) is 9.59 Å². The van der Waals surface area contributed by atoms with Crippen molar-refractivity contribution in [2.75, 3.05) is 5.33 Å². The van der Waals surface area contributed by atoms with E-state index in [0.29, 0.717) is 24.6 Å². The van der Waals surface area contributed by atoms with E-state index in [1.54, 1.807) is 0 Å². The molecule has 0 fully saturated rings. The van der Waals surface area contributed by atoms with Gasteiger partial charge in [0.2, 0.25) is 0 Å². The zero-order valence-electron chi connectivity index (χ0n) is 28.3. The summed E-state index contributed by atoms with van der Waals surface area (Å²) in [5, 5.41) is 0.620. The SMILES string of the molecule is CCCCCCCC/C=C\CCCCCCCC(=O)CC(CBr)C(=O)CCCCCCC/C=C\CCCCCCCC. The first-order valence-electron chi connectivity index (χ1n) is 18.6. The van der Waals surface area contributed by atoms with Gasteiger partial charge in [-0.25, -0.2) is 0 Å². The maximum atomic E-state index is 12.7. The predicted molar refractivity (Wildman–Crippen MR) is 191 cm³/mol. The summed E-state index contributed by atoms with van der Waals surface area (Å²) in [5.74, 6) is 0.426. The van der Waals surface area contributed by atoms with Crippen LogP contribution < -0.4 is 0 Å². The maximum absolute atomic E-state index is 12.7. The van der Waals surface area contributed by atoms with Crippen LogP contribution in [-0.2, 0) is 9.59 Å². The fourth-order valence-electron chi connectivity index (χ4n) is 5.60. The number of hydrogen-bond donors (Lipinski definition) is 0. The molecule has 0 aromatic carbocycles. The van der Waals surface area contributed by atoms with Gasteiger partial charge < -0.3 is 0 Å². The third kappa shape index (κ3) is 30.7. The first-order chi connectivity index (χ1) is 20.7. The van der Waals surface area contributed by atoms with E-state index in [1.165, 1.54) is 141 Å². The van der Waals surface area contributed by atoms with Gasteiger partial charge in [-0.1, -0.05) is 157 Å². The lowest BCUT2D eigenvalue weighted by Gasteiger charge is -2.12. The molecule has 0 heterocycles. The molecule has 1 atom stereocenters. The van der Waals surface area contributed by atoms with Gasteiger partial charge in [-0.3, -0.25) is 9.59 Å². The van der Waals surface area contributed by atoms with Gasteiger partial charge in [0.25, 0.3) is 0 Å². The number of hydrogen-bond acceptors (Lipinski definition) is 2. The molecule has 0 saturated carbocycles. The van der Waals surface area contributed by atoms with E-state index >= 15 is 0 Å². The number of halogens is 1. The standard InChI is InChI=1S/C39H71BrO2/c1-3-5-7-9-11-13-15-17-19-21-23-25-27-29-31-33-38(41)35-37(36-40)39(42)34-32-30-28-26-24-22-20-18-16-14-12-10-8-6-4-2/h17-20,37H,3-16,21-36H2,1-2H3/b19-17-,20-18-. The number of alkyl halides is 1. The number of rotatable bonds is 34. The van der Waals surface area contributed by atoms with Crippen LogP contribution in [0.2, 0.25) is 0 Å². The van der Waals surface area contributed by atoms with Crippen molar-refractivity contribution in [2.24, 2.45) is 5.92 Å². The van der Waals surface area contributed by atoms with Crippen LogP contribution in [0, 0.1) is 5.92 Å². The topological polar surface area (TPSA) is 34.1 Å². The van der Waals surface area contributed by atoms with Gasteiger partial charge in [0.1, 0.15) is 11.6 Å². The van der Waals surface area contributed by atoms with Gasteiger partial charge in [-0.2, -0.15) is 0 Å². The minimum absolute atomic E-state index is 0.127. The van der Waals surface area contributed by atoms with Crippen molar-refractivity contribution in [3.05, 3.63) is 24.3 Å². The fourth-order valence-corrected chi connectivity index (χ4v) is 6.19. The number of carbonyl (C=O) groups is 2. The lowest BCUT2D eigenvalue weighted by Crippen LogP contribution is -2.19. The van der Waals surface area contributed by atoms with Crippen molar-refractivity contribution in [1.29, 1.82) is 0 Å². The van der Waals surface area contributed by atoms with E-state index in [2.05, 4.69) is 54.1 Å². The van der Waals surface area contributed by atoms with Crippen LogP contribution in [0.4, 0.5) is 0 Å². The van der Waals surface area contributed by atoms with Crippen molar-refractivity contribution >= 4 is 27.5 Å². The highest BCUT2D eigenvalue weighted by molar-refractivity contribution is 9.09. The molecular formula is C39H71BrO2. The molecule has 246 valence electrons. The third-order valence-electron chi connectivity index (χ3n) is 8.52. The Morgan fingerprint density at radius 2 is 0.810 bits per heavy atom. The van der Waals surface area contributed by atoms with Crippen LogP contribution in [0.3, 0.4) is 0 Å². The third-order valence-corrected chi connectivity index (χ3v) is 9.30. The molecule has 0 aliphatic rings. The summed E-state index contributed by atoms with van der Waals surface area (Å²) in [6.45, 7) is 4.54. The van der Waals surface area contributed by atoms with Gasteiger partial charge in [-0.05, 0) is 64.2 Å². The summed E-state index contributed by atoms with van der Waals surface area (Å²) in [6.07, 6.45) is 44.2. The van der Waals surface area contributed by atoms with E-state index in [1.807, 2.05) is 0 Å². The van der Waals surface area contributed by atoms with Crippen LogP contribution in [-0.4, -0.2) is 16.9 Å². The Labute approximate surface area is 271 Å². The largest absolute Gasteiger partial charge is 0.300 e. The molecule has 2 nitrogen and oxygen atoms in total.